The third kappa shape index (κ3) is 2.21. The summed E-state index contributed by atoms with van der Waals surface area (Å²) in [4.78, 5) is 8.60. The maximum Gasteiger partial charge on any atom is 0.120 e. The Bertz CT molecular complexity index is 378. The molecule has 2 heterocycles. The first-order valence-corrected chi connectivity index (χ1v) is 5.46. The summed E-state index contributed by atoms with van der Waals surface area (Å²) < 4.78 is 0. The number of nitrogens with zero attached hydrogens (tertiary/aromatic N) is 1. The fourth-order valence-corrected chi connectivity index (χ4v) is 2.15. The zero-order chi connectivity index (χ0) is 9.80. The van der Waals surface area contributed by atoms with Gasteiger partial charge in [0.05, 0.1) is 6.54 Å². The van der Waals surface area contributed by atoms with Gasteiger partial charge in [-0.2, -0.15) is 0 Å². The number of imidazole rings is 1. The summed E-state index contributed by atoms with van der Waals surface area (Å²) in [6.07, 6.45) is 3.61. The fourth-order valence-electron chi connectivity index (χ4n) is 1.27. The van der Waals surface area contributed by atoms with Crippen LogP contribution in [0.25, 0.3) is 0 Å². The number of H-pyrrole nitrogens is 1. The van der Waals surface area contributed by atoms with Crippen LogP contribution in [0.5, 0.6) is 0 Å². The molecule has 0 unspecified atom stereocenters. The van der Waals surface area contributed by atoms with Crippen molar-refractivity contribution in [1.29, 1.82) is 0 Å². The fraction of sp³-hybridized carbons (Fsp3) is 0.300. The molecule has 2 aromatic rings. The minimum Gasteiger partial charge on any atom is -0.348 e. The van der Waals surface area contributed by atoms with Crippen LogP contribution in [0.15, 0.2) is 23.8 Å². The van der Waals surface area contributed by atoms with Crippen LogP contribution in [-0.2, 0) is 13.1 Å². The molecule has 0 spiro atoms. The van der Waals surface area contributed by atoms with Gasteiger partial charge in [0, 0.05) is 23.8 Å². The summed E-state index contributed by atoms with van der Waals surface area (Å²) >= 11 is 1.79. The third-order valence-electron chi connectivity index (χ3n) is 2.10. The van der Waals surface area contributed by atoms with E-state index in [1.807, 2.05) is 6.20 Å². The monoisotopic (exact) mass is 207 g/mol. The van der Waals surface area contributed by atoms with Gasteiger partial charge in [-0.1, -0.05) is 0 Å². The van der Waals surface area contributed by atoms with E-state index in [1.54, 1.807) is 17.5 Å². The molecule has 0 aliphatic rings. The van der Waals surface area contributed by atoms with Crippen LogP contribution >= 0.6 is 11.3 Å². The number of nitrogens with one attached hydrogen (secondary N) is 2. The lowest BCUT2D eigenvalue weighted by Gasteiger charge is -2.01. The smallest absolute Gasteiger partial charge is 0.120 e. The Morgan fingerprint density at radius 3 is 3.07 bits per heavy atom. The Morgan fingerprint density at radius 2 is 2.43 bits per heavy atom. The molecule has 2 N–H and O–H groups in total. The van der Waals surface area contributed by atoms with Gasteiger partial charge in [0.25, 0.3) is 0 Å². The van der Waals surface area contributed by atoms with Crippen molar-refractivity contribution in [3.05, 3.63) is 40.1 Å². The van der Waals surface area contributed by atoms with Crippen LogP contribution in [0.2, 0.25) is 0 Å². The van der Waals surface area contributed by atoms with Crippen molar-refractivity contribution in [2.24, 2.45) is 0 Å². The van der Waals surface area contributed by atoms with Crippen molar-refractivity contribution in [2.75, 3.05) is 0 Å². The second-order valence-electron chi connectivity index (χ2n) is 3.17. The van der Waals surface area contributed by atoms with Crippen molar-refractivity contribution in [2.45, 2.75) is 20.0 Å². The van der Waals surface area contributed by atoms with Gasteiger partial charge >= 0.3 is 0 Å². The molecule has 0 amide bonds. The molecule has 0 aliphatic heterocycles. The maximum absolute atomic E-state index is 4.14. The average Bonchev–Trinajstić information content (AvgIpc) is 2.78. The van der Waals surface area contributed by atoms with E-state index in [2.05, 4.69) is 33.7 Å². The summed E-state index contributed by atoms with van der Waals surface area (Å²) in [7, 11) is 0. The maximum atomic E-state index is 4.14. The first kappa shape index (κ1) is 9.43. The predicted octanol–water partition coefficient (Wildman–Crippen LogP) is 2.07. The van der Waals surface area contributed by atoms with E-state index in [4.69, 9.17) is 0 Å². The molecule has 3 nitrogen and oxygen atoms in total. The van der Waals surface area contributed by atoms with Crippen LogP contribution in [0, 0.1) is 6.92 Å². The average molecular weight is 207 g/mol. The molecule has 2 rings (SSSR count). The highest BCUT2D eigenvalue weighted by molar-refractivity contribution is 7.10. The van der Waals surface area contributed by atoms with Gasteiger partial charge in [-0.15, -0.1) is 11.3 Å². The van der Waals surface area contributed by atoms with Crippen LogP contribution in [0.4, 0.5) is 0 Å². The Kier molecular flexibility index (Phi) is 2.96. The predicted molar refractivity (Wildman–Crippen MR) is 58.2 cm³/mol. The van der Waals surface area contributed by atoms with Gasteiger partial charge in [-0.25, -0.2) is 4.98 Å². The zero-order valence-corrected chi connectivity index (χ0v) is 8.90. The second-order valence-corrected chi connectivity index (χ2v) is 4.17. The van der Waals surface area contributed by atoms with Gasteiger partial charge in [-0.05, 0) is 23.9 Å². The van der Waals surface area contributed by atoms with Crippen LogP contribution < -0.4 is 5.32 Å². The molecule has 0 aromatic carbocycles. The van der Waals surface area contributed by atoms with Crippen molar-refractivity contribution in [3.63, 3.8) is 0 Å². The Morgan fingerprint density at radius 1 is 1.50 bits per heavy atom. The molecule has 0 aliphatic carbocycles. The first-order chi connectivity index (χ1) is 6.86. The molecule has 0 fully saturated rings. The molecular weight excluding hydrogens is 194 g/mol. The molecule has 14 heavy (non-hydrogen) atoms. The largest absolute Gasteiger partial charge is 0.348 e. The molecule has 0 radical (unpaired) electrons. The highest BCUT2D eigenvalue weighted by Crippen LogP contribution is 2.14. The molecule has 0 atom stereocenters. The van der Waals surface area contributed by atoms with Crippen LogP contribution in [0.1, 0.15) is 16.3 Å². The number of rotatable bonds is 4. The first-order valence-electron chi connectivity index (χ1n) is 4.58. The van der Waals surface area contributed by atoms with Gasteiger partial charge in [-0.3, -0.25) is 0 Å². The van der Waals surface area contributed by atoms with Gasteiger partial charge in [0.1, 0.15) is 5.82 Å². The normalized spacial score (nSPS) is 10.6. The quantitative estimate of drug-likeness (QED) is 0.805. The van der Waals surface area contributed by atoms with E-state index in [-0.39, 0.29) is 0 Å². The Labute approximate surface area is 87.2 Å². The standard InChI is InChI=1S/C10H13N3S/c1-8-2-5-14-9(8)6-11-7-10-12-3-4-13-10/h2-5,11H,6-7H2,1H3,(H,12,13). The Hall–Kier alpha value is -1.13. The van der Waals surface area contributed by atoms with Gasteiger partial charge < -0.3 is 10.3 Å². The van der Waals surface area contributed by atoms with Gasteiger partial charge in [0.15, 0.2) is 0 Å². The summed E-state index contributed by atoms with van der Waals surface area (Å²) in [5.41, 5.74) is 1.36. The summed E-state index contributed by atoms with van der Waals surface area (Å²) in [5, 5.41) is 5.47. The highest BCUT2D eigenvalue weighted by atomic mass is 32.1. The molecule has 2 aromatic heterocycles. The van der Waals surface area contributed by atoms with E-state index >= 15 is 0 Å². The van der Waals surface area contributed by atoms with Crippen molar-refractivity contribution < 1.29 is 0 Å². The molecule has 0 saturated heterocycles. The minimum absolute atomic E-state index is 0.796. The van der Waals surface area contributed by atoms with Crippen LogP contribution in [-0.4, -0.2) is 9.97 Å². The lowest BCUT2D eigenvalue weighted by atomic mass is 10.3. The number of aryl methyl sites for hydroxylation is 1. The number of hydrogen-bond acceptors (Lipinski definition) is 3. The number of hydrogen-bond donors (Lipinski definition) is 2. The van der Waals surface area contributed by atoms with Crippen LogP contribution in [0.3, 0.4) is 0 Å². The molecule has 74 valence electrons. The number of aromatic amines is 1. The molecule has 0 bridgehead atoms. The molecular formula is C10H13N3S. The topological polar surface area (TPSA) is 40.7 Å². The van der Waals surface area contributed by atoms with Crippen molar-refractivity contribution >= 4 is 11.3 Å². The molecule has 0 saturated carbocycles. The van der Waals surface area contributed by atoms with E-state index < -0.39 is 0 Å². The SMILES string of the molecule is Cc1ccsc1CNCc1ncc[nH]1. The lowest BCUT2D eigenvalue weighted by Crippen LogP contribution is -2.13. The summed E-state index contributed by atoms with van der Waals surface area (Å²) in [6.45, 7) is 3.86. The number of thiophene rings is 1. The van der Waals surface area contributed by atoms with Crippen molar-refractivity contribution in [3.8, 4) is 0 Å². The zero-order valence-electron chi connectivity index (χ0n) is 8.08. The molecule has 4 heteroatoms. The van der Waals surface area contributed by atoms with Crippen molar-refractivity contribution in [1.82, 2.24) is 15.3 Å². The Balaban J connectivity index is 1.81. The lowest BCUT2D eigenvalue weighted by molar-refractivity contribution is 0.673. The van der Waals surface area contributed by atoms with E-state index in [9.17, 15) is 0 Å². The van der Waals surface area contributed by atoms with Gasteiger partial charge in [0.2, 0.25) is 0 Å². The summed E-state index contributed by atoms with van der Waals surface area (Å²) in [5.74, 6) is 0.985. The minimum atomic E-state index is 0.796. The van der Waals surface area contributed by atoms with E-state index in [1.165, 1.54) is 10.4 Å². The van der Waals surface area contributed by atoms with E-state index in [0.717, 1.165) is 18.9 Å². The summed E-state index contributed by atoms with van der Waals surface area (Å²) in [6, 6.07) is 2.15. The third-order valence-corrected chi connectivity index (χ3v) is 3.12. The second kappa shape index (κ2) is 4.39. The van der Waals surface area contributed by atoms with E-state index in [0.29, 0.717) is 0 Å². The number of aromatic nitrogens is 2. The highest BCUT2D eigenvalue weighted by Gasteiger charge is 1.99.